The maximum absolute atomic E-state index is 12.5. The van der Waals surface area contributed by atoms with Gasteiger partial charge in [0, 0.05) is 17.4 Å². The van der Waals surface area contributed by atoms with Crippen molar-refractivity contribution in [3.8, 4) is 0 Å². The van der Waals surface area contributed by atoms with Gasteiger partial charge in [0.05, 0.1) is 12.1 Å². The van der Waals surface area contributed by atoms with E-state index in [4.69, 9.17) is 4.74 Å². The van der Waals surface area contributed by atoms with Gasteiger partial charge in [0.1, 0.15) is 0 Å². The molecule has 1 atom stereocenters. The minimum Gasteiger partial charge on any atom is -0.436 e. The van der Waals surface area contributed by atoms with Crippen LogP contribution in [0.3, 0.4) is 0 Å². The van der Waals surface area contributed by atoms with Crippen LogP contribution in [0.15, 0.2) is 59.1 Å². The number of benzene rings is 2. The second-order valence-corrected chi connectivity index (χ2v) is 8.43. The normalized spacial score (nSPS) is 20.3. The molecular formula is C21H24BrNO3. The smallest absolute Gasteiger partial charge is 0.410 e. The number of halogens is 1. The van der Waals surface area contributed by atoms with Crippen molar-refractivity contribution in [3.63, 3.8) is 0 Å². The molecule has 1 unspecified atom stereocenters. The fourth-order valence-corrected chi connectivity index (χ4v) is 3.77. The molecule has 0 aromatic heterocycles. The summed E-state index contributed by atoms with van der Waals surface area (Å²) in [4.78, 5) is 14.3. The van der Waals surface area contributed by atoms with Gasteiger partial charge in [0.15, 0.2) is 5.60 Å². The summed E-state index contributed by atoms with van der Waals surface area (Å²) in [6, 6.07) is 17.8. The summed E-state index contributed by atoms with van der Waals surface area (Å²) >= 11 is 3.43. The zero-order chi connectivity index (χ0) is 18.8. The van der Waals surface area contributed by atoms with Gasteiger partial charge in [-0.3, -0.25) is 0 Å². The van der Waals surface area contributed by atoms with E-state index in [2.05, 4.69) is 15.9 Å². The monoisotopic (exact) mass is 417 g/mol. The van der Waals surface area contributed by atoms with Crippen LogP contribution in [0.5, 0.6) is 0 Å². The lowest BCUT2D eigenvalue weighted by atomic mass is 9.83. The molecule has 2 aromatic rings. The number of hydrogen-bond acceptors (Lipinski definition) is 3. The first-order valence-electron chi connectivity index (χ1n) is 8.78. The maximum atomic E-state index is 12.5. The molecule has 0 radical (unpaired) electrons. The fraction of sp³-hybridized carbons (Fsp3) is 0.381. The van der Waals surface area contributed by atoms with Crippen LogP contribution in [-0.2, 0) is 16.8 Å². The minimum absolute atomic E-state index is 0.324. The van der Waals surface area contributed by atoms with Crippen molar-refractivity contribution >= 4 is 22.0 Å². The molecule has 0 aliphatic carbocycles. The fourth-order valence-electron chi connectivity index (χ4n) is 3.51. The van der Waals surface area contributed by atoms with E-state index in [-0.39, 0.29) is 6.09 Å². The Morgan fingerprint density at radius 2 is 1.81 bits per heavy atom. The zero-order valence-electron chi connectivity index (χ0n) is 15.1. The molecule has 1 saturated heterocycles. The molecule has 138 valence electrons. The third-order valence-corrected chi connectivity index (χ3v) is 5.12. The van der Waals surface area contributed by atoms with Crippen LogP contribution in [0.4, 0.5) is 4.79 Å². The average molecular weight is 418 g/mol. The maximum Gasteiger partial charge on any atom is 0.410 e. The van der Waals surface area contributed by atoms with E-state index in [1.165, 1.54) is 5.56 Å². The van der Waals surface area contributed by atoms with Crippen molar-refractivity contribution in [1.82, 2.24) is 4.90 Å². The summed E-state index contributed by atoms with van der Waals surface area (Å²) in [5.41, 5.74) is 0.316. The van der Waals surface area contributed by atoms with E-state index in [1.54, 1.807) is 18.7 Å². The Bertz CT molecular complexity index is 755. The van der Waals surface area contributed by atoms with Crippen LogP contribution in [0.2, 0.25) is 0 Å². The van der Waals surface area contributed by atoms with Gasteiger partial charge in [-0.15, -0.1) is 0 Å². The lowest BCUT2D eigenvalue weighted by Crippen LogP contribution is -2.39. The third-order valence-electron chi connectivity index (χ3n) is 4.59. The Morgan fingerprint density at radius 3 is 2.42 bits per heavy atom. The summed E-state index contributed by atoms with van der Waals surface area (Å²) in [6.07, 6.45) is 0.788. The highest BCUT2D eigenvalue weighted by atomic mass is 79.9. The molecule has 1 aliphatic rings. The number of hydrogen-bond donors (Lipinski definition) is 1. The summed E-state index contributed by atoms with van der Waals surface area (Å²) in [7, 11) is 0. The van der Waals surface area contributed by atoms with Crippen LogP contribution >= 0.6 is 15.9 Å². The molecule has 0 spiro atoms. The van der Waals surface area contributed by atoms with Crippen molar-refractivity contribution in [2.75, 3.05) is 13.1 Å². The van der Waals surface area contributed by atoms with Crippen LogP contribution in [0.25, 0.3) is 0 Å². The number of ether oxygens (including phenoxy) is 1. The van der Waals surface area contributed by atoms with Gasteiger partial charge in [-0.2, -0.15) is 0 Å². The highest BCUT2D eigenvalue weighted by Gasteiger charge is 2.48. The second-order valence-electron chi connectivity index (χ2n) is 7.52. The number of aliphatic hydroxyl groups is 1. The number of carbonyl (C=O) groups excluding carboxylic acids is 1. The Morgan fingerprint density at radius 1 is 1.15 bits per heavy atom. The molecule has 4 nitrogen and oxygen atoms in total. The summed E-state index contributed by atoms with van der Waals surface area (Å²) < 4.78 is 6.89. The molecule has 1 heterocycles. The van der Waals surface area contributed by atoms with Crippen molar-refractivity contribution < 1.29 is 14.6 Å². The number of cyclic esters (lactones) is 1. The van der Waals surface area contributed by atoms with E-state index < -0.39 is 11.2 Å². The molecule has 0 saturated carbocycles. The van der Waals surface area contributed by atoms with Gasteiger partial charge in [0.25, 0.3) is 0 Å². The molecule has 1 aliphatic heterocycles. The molecule has 0 bridgehead atoms. The average Bonchev–Trinajstić information content (AvgIpc) is 2.90. The summed E-state index contributed by atoms with van der Waals surface area (Å²) in [6.45, 7) is 4.52. The predicted octanol–water partition coefficient (Wildman–Crippen LogP) is 4.50. The number of carbonyl (C=O) groups is 1. The molecule has 2 aromatic carbocycles. The standard InChI is InChI=1S/C21H24BrNO3/c1-20(2,25)14-21(17-6-4-3-5-7-17)15-23(19(24)26-21)13-12-16-8-10-18(22)11-9-16/h3-11,25H,12-15H2,1-2H3. The Kier molecular flexibility index (Phi) is 5.39. The molecule has 1 N–H and O–H groups in total. The highest BCUT2D eigenvalue weighted by molar-refractivity contribution is 9.10. The topological polar surface area (TPSA) is 49.8 Å². The molecular weight excluding hydrogens is 394 g/mol. The number of amides is 1. The number of nitrogens with zero attached hydrogens (tertiary/aromatic N) is 1. The van der Waals surface area contributed by atoms with Crippen LogP contribution in [0.1, 0.15) is 31.4 Å². The van der Waals surface area contributed by atoms with Crippen LogP contribution in [0, 0.1) is 0 Å². The Balaban J connectivity index is 1.78. The lowest BCUT2D eigenvalue weighted by Gasteiger charge is -2.33. The quantitative estimate of drug-likeness (QED) is 0.752. The van der Waals surface area contributed by atoms with Crippen LogP contribution in [-0.4, -0.2) is 34.8 Å². The minimum atomic E-state index is -0.947. The first-order valence-corrected chi connectivity index (χ1v) is 9.57. The lowest BCUT2D eigenvalue weighted by molar-refractivity contribution is -0.0326. The first kappa shape index (κ1) is 18.9. The van der Waals surface area contributed by atoms with Gasteiger partial charge in [-0.05, 0) is 43.5 Å². The van der Waals surface area contributed by atoms with Crippen molar-refractivity contribution in [2.24, 2.45) is 0 Å². The Hall–Kier alpha value is -1.85. The predicted molar refractivity (Wildman–Crippen MR) is 105 cm³/mol. The van der Waals surface area contributed by atoms with Gasteiger partial charge < -0.3 is 14.7 Å². The largest absolute Gasteiger partial charge is 0.436 e. The summed E-state index contributed by atoms with van der Waals surface area (Å²) in [5.74, 6) is 0. The summed E-state index contributed by atoms with van der Waals surface area (Å²) in [5, 5.41) is 10.4. The molecule has 26 heavy (non-hydrogen) atoms. The SMILES string of the molecule is CC(C)(O)CC1(c2ccccc2)CN(CCc2ccc(Br)cc2)C(=O)O1. The first-order chi connectivity index (χ1) is 12.3. The van der Waals surface area contributed by atoms with Crippen LogP contribution < -0.4 is 0 Å². The molecule has 1 amide bonds. The Labute approximate surface area is 162 Å². The van der Waals surface area contributed by atoms with E-state index >= 15 is 0 Å². The van der Waals surface area contributed by atoms with E-state index in [0.717, 1.165) is 16.5 Å². The molecule has 5 heteroatoms. The molecule has 1 fully saturated rings. The van der Waals surface area contributed by atoms with E-state index in [9.17, 15) is 9.90 Å². The highest BCUT2D eigenvalue weighted by Crippen LogP contribution is 2.39. The third kappa shape index (κ3) is 4.46. The van der Waals surface area contributed by atoms with Gasteiger partial charge >= 0.3 is 6.09 Å². The number of rotatable bonds is 6. The van der Waals surface area contributed by atoms with Crippen molar-refractivity contribution in [3.05, 3.63) is 70.2 Å². The van der Waals surface area contributed by atoms with E-state index in [1.807, 2.05) is 54.6 Å². The van der Waals surface area contributed by atoms with Crippen molar-refractivity contribution in [1.29, 1.82) is 0 Å². The van der Waals surface area contributed by atoms with Gasteiger partial charge in [-0.25, -0.2) is 4.79 Å². The zero-order valence-corrected chi connectivity index (χ0v) is 16.7. The van der Waals surface area contributed by atoms with Crippen molar-refractivity contribution in [2.45, 2.75) is 37.9 Å². The molecule has 3 rings (SSSR count). The van der Waals surface area contributed by atoms with Gasteiger partial charge in [0.2, 0.25) is 0 Å². The second kappa shape index (κ2) is 7.41. The van der Waals surface area contributed by atoms with Gasteiger partial charge in [-0.1, -0.05) is 58.4 Å². The van der Waals surface area contributed by atoms with E-state index in [0.29, 0.717) is 19.5 Å².